The van der Waals surface area contributed by atoms with E-state index in [-0.39, 0.29) is 17.0 Å². The summed E-state index contributed by atoms with van der Waals surface area (Å²) in [7, 11) is -3.79. The number of nitrogens with one attached hydrogen (secondary N) is 1. The number of hydrogen-bond donors (Lipinski definition) is 1. The molecule has 0 aliphatic carbocycles. The molecule has 0 fully saturated rings. The van der Waals surface area contributed by atoms with E-state index in [1.54, 1.807) is 20.8 Å². The number of rotatable bonds is 5. The van der Waals surface area contributed by atoms with E-state index in [0.29, 0.717) is 0 Å². The van der Waals surface area contributed by atoms with Crippen molar-refractivity contribution in [3.05, 3.63) is 53.4 Å². The minimum absolute atomic E-state index is 0.0858. The smallest absolute Gasteiger partial charge is 0.218 e. The van der Waals surface area contributed by atoms with Gasteiger partial charge in [0.05, 0.1) is 11.7 Å². The molecule has 23 heavy (non-hydrogen) atoms. The first-order valence-electron chi connectivity index (χ1n) is 6.93. The zero-order valence-electron chi connectivity index (χ0n) is 13.0. The van der Waals surface area contributed by atoms with E-state index in [1.165, 1.54) is 18.4 Å². The van der Waals surface area contributed by atoms with Crippen LogP contribution in [0.3, 0.4) is 0 Å². The number of benzene rings is 1. The minimum Gasteiger partial charge on any atom is -0.364 e. The van der Waals surface area contributed by atoms with Crippen LogP contribution in [0.5, 0.6) is 0 Å². The Bertz CT molecular complexity index is 769. The van der Waals surface area contributed by atoms with E-state index in [9.17, 15) is 17.2 Å². The van der Waals surface area contributed by atoms with Gasteiger partial charge >= 0.3 is 0 Å². The normalized spacial score (nSPS) is 14.0. The van der Waals surface area contributed by atoms with E-state index in [4.69, 9.17) is 0 Å². The van der Waals surface area contributed by atoms with E-state index < -0.39 is 33.1 Å². The number of aromatic nitrogens is 1. The Morgan fingerprint density at radius 1 is 1.26 bits per heavy atom. The summed E-state index contributed by atoms with van der Waals surface area (Å²) in [6, 6.07) is 3.66. The lowest BCUT2D eigenvalue weighted by Crippen LogP contribution is -2.37. The second-order valence-corrected chi connectivity index (χ2v) is 8.09. The molecule has 0 saturated heterocycles. The molecular formula is C15H18F2N2O3S. The first-order valence-corrected chi connectivity index (χ1v) is 8.58. The van der Waals surface area contributed by atoms with Crippen molar-refractivity contribution in [1.82, 2.24) is 9.88 Å². The number of halogens is 2. The SMILES string of the molecule is CC(C)(C)[C@@H](NS(=O)(=O)Cc1ccon1)c1ccc(F)cc1F. The fourth-order valence-corrected chi connectivity index (χ4v) is 3.63. The van der Waals surface area contributed by atoms with Gasteiger partial charge in [-0.2, -0.15) is 0 Å². The van der Waals surface area contributed by atoms with Crippen LogP contribution in [-0.4, -0.2) is 13.6 Å². The largest absolute Gasteiger partial charge is 0.364 e. The summed E-state index contributed by atoms with van der Waals surface area (Å²) in [6.45, 7) is 5.29. The molecule has 0 unspecified atom stereocenters. The lowest BCUT2D eigenvalue weighted by molar-refractivity contribution is 0.296. The molecule has 1 atom stereocenters. The summed E-state index contributed by atoms with van der Waals surface area (Å²) in [4.78, 5) is 0. The maximum Gasteiger partial charge on any atom is 0.218 e. The van der Waals surface area contributed by atoms with Crippen LogP contribution in [0.4, 0.5) is 8.78 Å². The molecule has 126 valence electrons. The summed E-state index contributed by atoms with van der Waals surface area (Å²) >= 11 is 0. The van der Waals surface area contributed by atoms with Gasteiger partial charge in [-0.05, 0) is 11.5 Å². The highest BCUT2D eigenvalue weighted by molar-refractivity contribution is 7.88. The van der Waals surface area contributed by atoms with Crippen molar-refractivity contribution < 1.29 is 21.7 Å². The van der Waals surface area contributed by atoms with Gasteiger partial charge in [-0.3, -0.25) is 0 Å². The summed E-state index contributed by atoms with van der Waals surface area (Å²) in [6.07, 6.45) is 1.27. The Morgan fingerprint density at radius 3 is 2.48 bits per heavy atom. The molecule has 0 aliphatic heterocycles. The van der Waals surface area contributed by atoms with E-state index in [1.807, 2.05) is 0 Å². The predicted molar refractivity (Wildman–Crippen MR) is 80.8 cm³/mol. The first-order chi connectivity index (χ1) is 10.6. The Labute approximate surface area is 133 Å². The molecule has 0 saturated carbocycles. The van der Waals surface area contributed by atoms with Gasteiger partial charge in [-0.15, -0.1) is 0 Å². The maximum atomic E-state index is 14.1. The summed E-state index contributed by atoms with van der Waals surface area (Å²) in [5, 5.41) is 3.55. The molecule has 2 aromatic rings. The molecule has 0 amide bonds. The van der Waals surface area contributed by atoms with Gasteiger partial charge in [0.1, 0.15) is 23.7 Å². The monoisotopic (exact) mass is 344 g/mol. The average Bonchev–Trinajstić information content (AvgIpc) is 2.87. The second kappa shape index (κ2) is 6.37. The van der Waals surface area contributed by atoms with Crippen LogP contribution in [0.2, 0.25) is 0 Å². The van der Waals surface area contributed by atoms with Gasteiger partial charge in [0, 0.05) is 17.7 Å². The predicted octanol–water partition coefficient (Wildman–Crippen LogP) is 3.16. The molecule has 5 nitrogen and oxygen atoms in total. The van der Waals surface area contributed by atoms with Crippen LogP contribution < -0.4 is 4.72 Å². The molecule has 1 aromatic carbocycles. The van der Waals surface area contributed by atoms with Crippen LogP contribution in [0, 0.1) is 17.0 Å². The molecule has 1 aromatic heterocycles. The lowest BCUT2D eigenvalue weighted by atomic mass is 9.83. The number of hydrogen-bond acceptors (Lipinski definition) is 4. The summed E-state index contributed by atoms with van der Waals surface area (Å²) in [5.74, 6) is -1.91. The Hall–Kier alpha value is -1.80. The first kappa shape index (κ1) is 17.6. The van der Waals surface area contributed by atoms with Crippen molar-refractivity contribution in [2.45, 2.75) is 32.6 Å². The van der Waals surface area contributed by atoms with Gasteiger partial charge in [-0.1, -0.05) is 32.0 Å². The van der Waals surface area contributed by atoms with E-state index in [2.05, 4.69) is 14.4 Å². The molecule has 1 heterocycles. The van der Waals surface area contributed by atoms with Crippen LogP contribution in [0.15, 0.2) is 35.1 Å². The van der Waals surface area contributed by atoms with Gasteiger partial charge < -0.3 is 4.52 Å². The van der Waals surface area contributed by atoms with Crippen molar-refractivity contribution in [2.24, 2.45) is 5.41 Å². The lowest BCUT2D eigenvalue weighted by Gasteiger charge is -2.31. The highest BCUT2D eigenvalue weighted by Gasteiger charge is 2.32. The highest BCUT2D eigenvalue weighted by Crippen LogP contribution is 2.35. The number of nitrogens with zero attached hydrogens (tertiary/aromatic N) is 1. The molecule has 0 bridgehead atoms. The van der Waals surface area contributed by atoms with Gasteiger partial charge in [0.15, 0.2) is 0 Å². The number of sulfonamides is 1. The molecule has 1 N–H and O–H groups in total. The van der Waals surface area contributed by atoms with Crippen LogP contribution in [0.1, 0.15) is 38.1 Å². The van der Waals surface area contributed by atoms with Crippen LogP contribution in [-0.2, 0) is 15.8 Å². The topological polar surface area (TPSA) is 72.2 Å². The van der Waals surface area contributed by atoms with Crippen molar-refractivity contribution in [3.8, 4) is 0 Å². The molecule has 8 heteroatoms. The fourth-order valence-electron chi connectivity index (χ4n) is 2.17. The van der Waals surface area contributed by atoms with E-state index >= 15 is 0 Å². The zero-order valence-corrected chi connectivity index (χ0v) is 13.8. The third kappa shape index (κ3) is 4.59. The Balaban J connectivity index is 2.33. The van der Waals surface area contributed by atoms with Crippen molar-refractivity contribution in [2.75, 3.05) is 0 Å². The van der Waals surface area contributed by atoms with E-state index in [0.717, 1.165) is 12.1 Å². The molecule has 2 rings (SSSR count). The minimum atomic E-state index is -3.79. The summed E-state index contributed by atoms with van der Waals surface area (Å²) < 4.78 is 58.9. The van der Waals surface area contributed by atoms with Gasteiger partial charge in [-0.25, -0.2) is 21.9 Å². The average molecular weight is 344 g/mol. The molecular weight excluding hydrogens is 326 g/mol. The van der Waals surface area contributed by atoms with Crippen molar-refractivity contribution in [3.63, 3.8) is 0 Å². The van der Waals surface area contributed by atoms with Crippen molar-refractivity contribution in [1.29, 1.82) is 0 Å². The highest BCUT2D eigenvalue weighted by atomic mass is 32.2. The molecule has 0 spiro atoms. The van der Waals surface area contributed by atoms with Gasteiger partial charge in [0.25, 0.3) is 0 Å². The quantitative estimate of drug-likeness (QED) is 0.904. The molecule has 0 radical (unpaired) electrons. The van der Waals surface area contributed by atoms with Crippen molar-refractivity contribution >= 4 is 10.0 Å². The third-order valence-corrected chi connectivity index (χ3v) is 4.54. The standard InChI is InChI=1S/C15H18F2N2O3S/c1-15(2,3)14(12-5-4-10(16)8-13(12)17)19-23(20,21)9-11-6-7-22-18-11/h4-8,14,19H,9H2,1-3H3/t14-/m0/s1. The third-order valence-electron chi connectivity index (χ3n) is 3.27. The van der Waals surface area contributed by atoms with Crippen LogP contribution >= 0.6 is 0 Å². The zero-order chi connectivity index (χ0) is 17.3. The second-order valence-electron chi connectivity index (χ2n) is 6.33. The Morgan fingerprint density at radius 2 is 1.96 bits per heavy atom. The molecule has 0 aliphatic rings. The van der Waals surface area contributed by atoms with Gasteiger partial charge in [0.2, 0.25) is 10.0 Å². The maximum absolute atomic E-state index is 14.1. The summed E-state index contributed by atoms with van der Waals surface area (Å²) in [5.41, 5.74) is -0.303. The Kier molecular flexibility index (Phi) is 4.86. The fraction of sp³-hybridized carbons (Fsp3) is 0.400. The van der Waals surface area contributed by atoms with Crippen LogP contribution in [0.25, 0.3) is 0 Å².